The van der Waals surface area contributed by atoms with Crippen LogP contribution in [0.3, 0.4) is 0 Å². The van der Waals surface area contributed by atoms with E-state index in [4.69, 9.17) is 5.73 Å². The Morgan fingerprint density at radius 1 is 1.46 bits per heavy atom. The molecule has 3 nitrogen and oxygen atoms in total. The van der Waals surface area contributed by atoms with E-state index in [1.54, 1.807) is 0 Å². The summed E-state index contributed by atoms with van der Waals surface area (Å²) < 4.78 is 0. The van der Waals surface area contributed by atoms with Crippen LogP contribution in [0.4, 0.5) is 5.82 Å². The molecule has 0 bridgehead atoms. The molecule has 72 valence electrons. The van der Waals surface area contributed by atoms with Crippen LogP contribution in [0.15, 0.2) is 12.1 Å². The zero-order chi connectivity index (χ0) is 9.68. The van der Waals surface area contributed by atoms with E-state index in [-0.39, 0.29) is 0 Å². The highest BCUT2D eigenvalue weighted by atomic mass is 15.0. The average molecular weight is 179 g/mol. The minimum atomic E-state index is 0.654. The van der Waals surface area contributed by atoms with Crippen LogP contribution in [-0.2, 0) is 12.8 Å². The Kier molecular flexibility index (Phi) is 3.71. The Labute approximate surface area is 79.4 Å². The van der Waals surface area contributed by atoms with Gasteiger partial charge in [0.15, 0.2) is 0 Å². The second kappa shape index (κ2) is 4.82. The number of rotatable bonds is 4. The van der Waals surface area contributed by atoms with Crippen LogP contribution >= 0.6 is 0 Å². The molecule has 0 aliphatic carbocycles. The van der Waals surface area contributed by atoms with Gasteiger partial charge in [-0.1, -0.05) is 13.0 Å². The van der Waals surface area contributed by atoms with Crippen LogP contribution in [-0.4, -0.2) is 18.6 Å². The van der Waals surface area contributed by atoms with Crippen molar-refractivity contribution >= 4 is 5.82 Å². The number of hydrogen-bond acceptors (Lipinski definition) is 3. The van der Waals surface area contributed by atoms with Crippen molar-refractivity contribution in [2.75, 3.05) is 18.9 Å². The van der Waals surface area contributed by atoms with E-state index in [2.05, 4.69) is 23.3 Å². The number of nitrogens with zero attached hydrogens (tertiary/aromatic N) is 1. The number of nitrogens with two attached hydrogens (primary N) is 1. The minimum Gasteiger partial charge on any atom is -0.373 e. The van der Waals surface area contributed by atoms with E-state index < -0.39 is 0 Å². The van der Waals surface area contributed by atoms with Crippen molar-refractivity contribution < 1.29 is 0 Å². The van der Waals surface area contributed by atoms with Crippen LogP contribution in [0.5, 0.6) is 0 Å². The Morgan fingerprint density at radius 2 is 2.23 bits per heavy atom. The first-order chi connectivity index (χ1) is 6.31. The maximum atomic E-state index is 5.46. The van der Waals surface area contributed by atoms with Crippen molar-refractivity contribution in [3.05, 3.63) is 23.4 Å². The quantitative estimate of drug-likeness (QED) is 0.730. The van der Waals surface area contributed by atoms with E-state index in [0.29, 0.717) is 6.54 Å². The molecule has 1 rings (SSSR count). The number of aryl methyl sites for hydroxylation is 1. The molecule has 0 radical (unpaired) electrons. The third-order valence-corrected chi connectivity index (χ3v) is 2.05. The van der Waals surface area contributed by atoms with Crippen LogP contribution in [0.2, 0.25) is 0 Å². The summed E-state index contributed by atoms with van der Waals surface area (Å²) in [6, 6.07) is 4.16. The van der Waals surface area contributed by atoms with Crippen LogP contribution < -0.4 is 11.1 Å². The van der Waals surface area contributed by atoms with E-state index in [1.807, 2.05) is 13.1 Å². The Balaban J connectivity index is 2.91. The highest BCUT2D eigenvalue weighted by Gasteiger charge is 2.01. The number of pyridine rings is 1. The smallest absolute Gasteiger partial charge is 0.129 e. The normalized spacial score (nSPS) is 10.1. The molecular formula is C10H17N3. The molecule has 0 amide bonds. The van der Waals surface area contributed by atoms with Gasteiger partial charge < -0.3 is 11.1 Å². The predicted molar refractivity (Wildman–Crippen MR) is 55.9 cm³/mol. The third kappa shape index (κ3) is 2.42. The van der Waals surface area contributed by atoms with Gasteiger partial charge in [0.25, 0.3) is 0 Å². The van der Waals surface area contributed by atoms with Gasteiger partial charge in [-0.05, 0) is 24.6 Å². The molecule has 1 aromatic heterocycles. The summed E-state index contributed by atoms with van der Waals surface area (Å²) in [5.41, 5.74) is 7.77. The lowest BCUT2D eigenvalue weighted by Gasteiger charge is -2.07. The molecular weight excluding hydrogens is 162 g/mol. The molecule has 0 spiro atoms. The van der Waals surface area contributed by atoms with Crippen molar-refractivity contribution in [1.29, 1.82) is 0 Å². The fourth-order valence-corrected chi connectivity index (χ4v) is 1.32. The summed E-state index contributed by atoms with van der Waals surface area (Å²) in [7, 11) is 1.90. The zero-order valence-corrected chi connectivity index (χ0v) is 8.30. The summed E-state index contributed by atoms with van der Waals surface area (Å²) in [6.45, 7) is 2.78. The lowest BCUT2D eigenvalue weighted by molar-refractivity contribution is 0.917. The lowest BCUT2D eigenvalue weighted by Crippen LogP contribution is -2.06. The van der Waals surface area contributed by atoms with Crippen molar-refractivity contribution in [1.82, 2.24) is 4.98 Å². The van der Waals surface area contributed by atoms with Gasteiger partial charge in [-0.3, -0.25) is 0 Å². The third-order valence-electron chi connectivity index (χ3n) is 2.05. The lowest BCUT2D eigenvalue weighted by atomic mass is 10.1. The highest BCUT2D eigenvalue weighted by Crippen LogP contribution is 2.13. The molecule has 0 fully saturated rings. The first-order valence-electron chi connectivity index (χ1n) is 4.68. The van der Waals surface area contributed by atoms with Crippen LogP contribution in [0.1, 0.15) is 18.2 Å². The van der Waals surface area contributed by atoms with Gasteiger partial charge in [0.05, 0.1) is 0 Å². The van der Waals surface area contributed by atoms with Crippen molar-refractivity contribution in [3.63, 3.8) is 0 Å². The monoisotopic (exact) mass is 179 g/mol. The molecule has 0 atom stereocenters. The number of hydrogen-bond donors (Lipinski definition) is 2. The van der Waals surface area contributed by atoms with Crippen molar-refractivity contribution in [2.45, 2.75) is 19.8 Å². The summed E-state index contributed by atoms with van der Waals surface area (Å²) in [5, 5.41) is 3.09. The molecule has 1 heterocycles. The summed E-state index contributed by atoms with van der Waals surface area (Å²) in [6.07, 6.45) is 1.85. The first-order valence-corrected chi connectivity index (χ1v) is 4.68. The highest BCUT2D eigenvalue weighted by molar-refractivity contribution is 5.44. The molecule has 0 saturated heterocycles. The zero-order valence-electron chi connectivity index (χ0n) is 8.30. The molecule has 0 aliphatic rings. The van der Waals surface area contributed by atoms with Crippen molar-refractivity contribution in [3.8, 4) is 0 Å². The molecule has 0 aliphatic heterocycles. The molecule has 0 saturated carbocycles. The number of anilines is 1. The van der Waals surface area contributed by atoms with Gasteiger partial charge in [-0.25, -0.2) is 4.98 Å². The fraction of sp³-hybridized carbons (Fsp3) is 0.500. The minimum absolute atomic E-state index is 0.654. The molecule has 3 heteroatoms. The summed E-state index contributed by atoms with van der Waals surface area (Å²) >= 11 is 0. The van der Waals surface area contributed by atoms with Crippen LogP contribution in [0.25, 0.3) is 0 Å². The van der Waals surface area contributed by atoms with Gasteiger partial charge in [-0.2, -0.15) is 0 Å². The Hall–Kier alpha value is -1.09. The van der Waals surface area contributed by atoms with Gasteiger partial charge in [0.1, 0.15) is 5.82 Å². The Bertz CT molecular complexity index is 271. The van der Waals surface area contributed by atoms with Gasteiger partial charge in [-0.15, -0.1) is 0 Å². The largest absolute Gasteiger partial charge is 0.373 e. The second-order valence-corrected chi connectivity index (χ2v) is 2.95. The topological polar surface area (TPSA) is 50.9 Å². The number of aromatic nitrogens is 1. The maximum absolute atomic E-state index is 5.46. The van der Waals surface area contributed by atoms with Crippen LogP contribution in [0, 0.1) is 0 Å². The van der Waals surface area contributed by atoms with Gasteiger partial charge in [0, 0.05) is 19.2 Å². The second-order valence-electron chi connectivity index (χ2n) is 2.95. The molecule has 1 aromatic rings. The van der Waals surface area contributed by atoms with E-state index in [0.717, 1.165) is 24.4 Å². The number of nitrogens with one attached hydrogen (secondary N) is 1. The van der Waals surface area contributed by atoms with E-state index in [1.165, 1.54) is 5.56 Å². The van der Waals surface area contributed by atoms with E-state index in [9.17, 15) is 0 Å². The van der Waals surface area contributed by atoms with Crippen molar-refractivity contribution in [2.24, 2.45) is 5.73 Å². The maximum Gasteiger partial charge on any atom is 0.129 e. The first kappa shape index (κ1) is 9.99. The SMILES string of the molecule is CCc1ccc(CCN)nc1NC. The Morgan fingerprint density at radius 3 is 2.77 bits per heavy atom. The van der Waals surface area contributed by atoms with Gasteiger partial charge in [0.2, 0.25) is 0 Å². The molecule has 13 heavy (non-hydrogen) atoms. The summed E-state index contributed by atoms with van der Waals surface area (Å²) in [5.74, 6) is 0.980. The van der Waals surface area contributed by atoms with Gasteiger partial charge >= 0.3 is 0 Å². The van der Waals surface area contributed by atoms with E-state index >= 15 is 0 Å². The predicted octanol–water partition coefficient (Wildman–Crippen LogP) is 1.19. The molecule has 0 aromatic carbocycles. The average Bonchev–Trinajstić information content (AvgIpc) is 2.18. The fourth-order valence-electron chi connectivity index (χ4n) is 1.32. The molecule has 0 unspecified atom stereocenters. The standard InChI is InChI=1S/C10H17N3/c1-3-8-4-5-9(6-7-11)13-10(8)12-2/h4-5H,3,6-7,11H2,1-2H3,(H,12,13). The molecule has 3 N–H and O–H groups in total. The summed E-state index contributed by atoms with van der Waals surface area (Å²) in [4.78, 5) is 4.46.